The van der Waals surface area contributed by atoms with Crippen LogP contribution in [0.5, 0.6) is 0 Å². The van der Waals surface area contributed by atoms with Crippen molar-refractivity contribution in [3.8, 4) is 0 Å². The van der Waals surface area contributed by atoms with E-state index in [9.17, 15) is 18.0 Å². The second kappa shape index (κ2) is 6.31. The second-order valence-electron chi connectivity index (χ2n) is 3.35. The van der Waals surface area contributed by atoms with E-state index in [0.717, 1.165) is 17.1 Å². The van der Waals surface area contributed by atoms with E-state index in [1.54, 1.807) is 6.92 Å². The Morgan fingerprint density at radius 1 is 1.41 bits per heavy atom. The second-order valence-corrected chi connectivity index (χ2v) is 4.85. The van der Waals surface area contributed by atoms with Crippen molar-refractivity contribution in [2.45, 2.75) is 19.9 Å². The largest absolute Gasteiger partial charge is 0.285 e. The first kappa shape index (κ1) is 15.5. The number of carbonyl (C=O) groups is 2. The molecule has 0 aromatic rings. The lowest BCUT2D eigenvalue weighted by atomic mass is 10.3. The summed E-state index contributed by atoms with van der Waals surface area (Å²) in [5.41, 5.74) is 0. The first-order valence-electron chi connectivity index (χ1n) is 4.80. The molecule has 7 heteroatoms. The van der Waals surface area contributed by atoms with Gasteiger partial charge in [0.15, 0.2) is 0 Å². The average molecular weight is 261 g/mol. The molecule has 1 N–H and O–H groups in total. The van der Waals surface area contributed by atoms with E-state index < -0.39 is 33.7 Å². The maximum Gasteiger partial charge on any atom is 0.266 e. The molecular formula is C10H15NO5S. The van der Waals surface area contributed by atoms with Crippen LogP contribution >= 0.6 is 0 Å². The van der Waals surface area contributed by atoms with Crippen LogP contribution in [-0.4, -0.2) is 41.5 Å². The quantitative estimate of drug-likeness (QED) is 0.570. The minimum absolute atomic E-state index is 0.659. The summed E-state index contributed by atoms with van der Waals surface area (Å²) in [4.78, 5) is 23.7. The fraction of sp³-hybridized carbons (Fsp3) is 0.400. The number of imide groups is 1. The summed E-state index contributed by atoms with van der Waals surface area (Å²) in [7, 11) is -4.26. The van der Waals surface area contributed by atoms with Gasteiger partial charge in [-0.05, 0) is 26.0 Å². The monoisotopic (exact) mass is 261 g/mol. The van der Waals surface area contributed by atoms with Crippen LogP contribution in [-0.2, 0) is 19.7 Å². The topological polar surface area (TPSA) is 91.8 Å². The standard InChI is InChI=1S/C10H15NO5S/c1-4-6-10(13)11(9(12)5-2)8(3)7-17(14,15)16/h4-6,8H,2,7H2,1,3H3,(H,14,15,16). The number of hydrogen-bond acceptors (Lipinski definition) is 4. The molecule has 6 nitrogen and oxygen atoms in total. The highest BCUT2D eigenvalue weighted by Gasteiger charge is 2.26. The molecule has 0 heterocycles. The van der Waals surface area contributed by atoms with Crippen molar-refractivity contribution in [2.24, 2.45) is 0 Å². The van der Waals surface area contributed by atoms with Crippen molar-refractivity contribution >= 4 is 21.9 Å². The summed E-state index contributed by atoms with van der Waals surface area (Å²) in [5.74, 6) is -2.09. The van der Waals surface area contributed by atoms with Gasteiger partial charge in [0.05, 0.1) is 11.8 Å². The lowest BCUT2D eigenvalue weighted by Gasteiger charge is -2.24. The van der Waals surface area contributed by atoms with E-state index in [-0.39, 0.29) is 0 Å². The molecule has 0 saturated carbocycles. The van der Waals surface area contributed by atoms with Gasteiger partial charge in [0, 0.05) is 0 Å². The highest BCUT2D eigenvalue weighted by molar-refractivity contribution is 7.85. The van der Waals surface area contributed by atoms with E-state index in [4.69, 9.17) is 4.55 Å². The van der Waals surface area contributed by atoms with Crippen molar-refractivity contribution in [3.05, 3.63) is 24.8 Å². The summed E-state index contributed by atoms with van der Waals surface area (Å²) in [5, 5.41) is 0. The number of nitrogens with zero attached hydrogens (tertiary/aromatic N) is 1. The van der Waals surface area contributed by atoms with Gasteiger partial charge in [-0.3, -0.25) is 19.0 Å². The van der Waals surface area contributed by atoms with Gasteiger partial charge in [-0.2, -0.15) is 8.42 Å². The first-order chi connectivity index (χ1) is 7.72. The molecule has 2 amide bonds. The van der Waals surface area contributed by atoms with Crippen molar-refractivity contribution < 1.29 is 22.6 Å². The normalized spacial score (nSPS) is 13.4. The van der Waals surface area contributed by atoms with Crippen LogP contribution < -0.4 is 0 Å². The molecule has 1 atom stereocenters. The Morgan fingerprint density at radius 2 is 1.94 bits per heavy atom. The van der Waals surface area contributed by atoms with Crippen LogP contribution in [0.25, 0.3) is 0 Å². The number of allylic oxidation sites excluding steroid dienone is 1. The highest BCUT2D eigenvalue weighted by Crippen LogP contribution is 2.05. The maximum absolute atomic E-state index is 11.6. The lowest BCUT2D eigenvalue weighted by Crippen LogP contribution is -2.44. The van der Waals surface area contributed by atoms with Gasteiger partial charge in [-0.25, -0.2) is 0 Å². The third-order valence-corrected chi connectivity index (χ3v) is 2.75. The Labute approximate surface area is 100 Å². The average Bonchev–Trinajstić information content (AvgIpc) is 2.15. The summed E-state index contributed by atoms with van der Waals surface area (Å²) in [6, 6.07) is -0.973. The van der Waals surface area contributed by atoms with E-state index in [2.05, 4.69) is 6.58 Å². The van der Waals surface area contributed by atoms with Crippen LogP contribution in [0.4, 0.5) is 0 Å². The lowest BCUT2D eigenvalue weighted by molar-refractivity contribution is -0.140. The molecule has 17 heavy (non-hydrogen) atoms. The highest BCUT2D eigenvalue weighted by atomic mass is 32.2. The summed E-state index contributed by atoms with van der Waals surface area (Å²) < 4.78 is 30.1. The Balaban J connectivity index is 5.12. The fourth-order valence-electron chi connectivity index (χ4n) is 1.24. The number of amides is 2. The molecular weight excluding hydrogens is 246 g/mol. The Bertz CT molecular complexity index is 438. The van der Waals surface area contributed by atoms with E-state index in [1.165, 1.54) is 13.0 Å². The van der Waals surface area contributed by atoms with Gasteiger partial charge in [-0.15, -0.1) is 0 Å². The molecule has 0 bridgehead atoms. The molecule has 0 aromatic heterocycles. The Morgan fingerprint density at radius 3 is 2.29 bits per heavy atom. The molecule has 0 radical (unpaired) electrons. The van der Waals surface area contributed by atoms with Crippen molar-refractivity contribution in [3.63, 3.8) is 0 Å². The van der Waals surface area contributed by atoms with Crippen LogP contribution in [0.2, 0.25) is 0 Å². The maximum atomic E-state index is 11.6. The molecule has 0 saturated heterocycles. The van der Waals surface area contributed by atoms with E-state index in [0.29, 0.717) is 0 Å². The molecule has 1 unspecified atom stereocenters. The first-order valence-corrected chi connectivity index (χ1v) is 6.41. The van der Waals surface area contributed by atoms with Crippen LogP contribution in [0.1, 0.15) is 13.8 Å². The van der Waals surface area contributed by atoms with Crippen molar-refractivity contribution in [2.75, 3.05) is 5.75 Å². The summed E-state index contributed by atoms with van der Waals surface area (Å²) in [6.45, 7) is 6.15. The molecule has 0 spiro atoms. The fourth-order valence-corrected chi connectivity index (χ4v) is 2.00. The van der Waals surface area contributed by atoms with Crippen LogP contribution in [0.15, 0.2) is 24.8 Å². The Kier molecular flexibility index (Phi) is 5.77. The van der Waals surface area contributed by atoms with Crippen molar-refractivity contribution in [1.82, 2.24) is 4.90 Å². The van der Waals surface area contributed by atoms with E-state index >= 15 is 0 Å². The minimum Gasteiger partial charge on any atom is -0.285 e. The predicted octanol–water partition coefficient (Wildman–Crippen LogP) is 0.380. The van der Waals surface area contributed by atoms with Crippen LogP contribution in [0.3, 0.4) is 0 Å². The van der Waals surface area contributed by atoms with E-state index in [1.807, 2.05) is 0 Å². The summed E-state index contributed by atoms with van der Waals surface area (Å²) in [6.07, 6.45) is 3.45. The van der Waals surface area contributed by atoms with Gasteiger partial charge >= 0.3 is 0 Å². The molecule has 96 valence electrons. The Hall–Kier alpha value is -1.47. The van der Waals surface area contributed by atoms with Gasteiger partial charge in [0.2, 0.25) is 0 Å². The molecule has 0 aliphatic rings. The number of hydrogen-bond donors (Lipinski definition) is 1. The van der Waals surface area contributed by atoms with Gasteiger partial charge in [0.25, 0.3) is 21.9 Å². The zero-order valence-corrected chi connectivity index (χ0v) is 10.5. The van der Waals surface area contributed by atoms with Crippen LogP contribution in [0, 0.1) is 0 Å². The zero-order chi connectivity index (χ0) is 13.6. The SMILES string of the molecule is C=CC(=O)N(C(=O)C=CC)C(C)CS(=O)(=O)O. The molecule has 0 aliphatic carbocycles. The van der Waals surface area contributed by atoms with Gasteiger partial charge < -0.3 is 0 Å². The van der Waals surface area contributed by atoms with Gasteiger partial charge in [0.1, 0.15) is 0 Å². The summed E-state index contributed by atoms with van der Waals surface area (Å²) >= 11 is 0. The van der Waals surface area contributed by atoms with Gasteiger partial charge in [-0.1, -0.05) is 12.7 Å². The van der Waals surface area contributed by atoms with Crippen molar-refractivity contribution in [1.29, 1.82) is 0 Å². The number of carbonyl (C=O) groups excluding carboxylic acids is 2. The minimum atomic E-state index is -4.26. The molecule has 0 rings (SSSR count). The molecule has 0 aromatic carbocycles. The third-order valence-electron chi connectivity index (χ3n) is 1.85. The predicted molar refractivity (Wildman–Crippen MR) is 62.7 cm³/mol. The smallest absolute Gasteiger partial charge is 0.266 e. The molecule has 0 aliphatic heterocycles. The third kappa shape index (κ3) is 5.41. The number of rotatable bonds is 5. The zero-order valence-electron chi connectivity index (χ0n) is 9.66. The molecule has 0 fully saturated rings.